The minimum absolute atomic E-state index is 0.0523. The molecule has 1 aromatic rings. The van der Waals surface area contributed by atoms with Crippen molar-refractivity contribution >= 4 is 46.6 Å². The van der Waals surface area contributed by atoms with Crippen LogP contribution in [-0.2, 0) is 4.79 Å². The van der Waals surface area contributed by atoms with Crippen LogP contribution in [-0.4, -0.2) is 34.0 Å². The molecule has 6 heteroatoms. The summed E-state index contributed by atoms with van der Waals surface area (Å²) in [6, 6.07) is 7.23. The smallest absolute Gasteiger partial charge is 0.251 e. The van der Waals surface area contributed by atoms with E-state index in [4.69, 9.17) is 23.8 Å². The number of nitrogens with zero attached hydrogens (tertiary/aromatic N) is 1. The molecule has 1 fully saturated rings. The molecule has 2 rings (SSSR count). The summed E-state index contributed by atoms with van der Waals surface area (Å²) in [5.41, 5.74) is 0.987. The maximum Gasteiger partial charge on any atom is 0.251 e. The number of benzene rings is 1. The van der Waals surface area contributed by atoms with Crippen molar-refractivity contribution in [2.75, 3.05) is 12.0 Å². The fourth-order valence-electron chi connectivity index (χ4n) is 2.26. The Morgan fingerprint density at radius 2 is 2.30 bits per heavy atom. The van der Waals surface area contributed by atoms with E-state index in [0.29, 0.717) is 10.1 Å². The van der Waals surface area contributed by atoms with Gasteiger partial charge in [-0.3, -0.25) is 9.69 Å². The molecule has 1 heterocycles. The quantitative estimate of drug-likeness (QED) is 0.841. The SMILES string of the molecule is CSCC[C@@H]1NC(=S)N([C@@H](C)c2cccc(Cl)c2)C1=O. The molecule has 0 spiro atoms. The van der Waals surface area contributed by atoms with Crippen LogP contribution >= 0.6 is 35.6 Å². The second-order valence-electron chi connectivity index (χ2n) is 4.72. The van der Waals surface area contributed by atoms with Crippen LogP contribution in [0.4, 0.5) is 0 Å². The Morgan fingerprint density at radius 1 is 1.55 bits per heavy atom. The van der Waals surface area contributed by atoms with Gasteiger partial charge in [-0.25, -0.2) is 0 Å². The third kappa shape index (κ3) is 3.27. The van der Waals surface area contributed by atoms with Crippen LogP contribution in [0.3, 0.4) is 0 Å². The van der Waals surface area contributed by atoms with Crippen LogP contribution in [0.15, 0.2) is 24.3 Å². The summed E-state index contributed by atoms with van der Waals surface area (Å²) in [5, 5.41) is 4.29. The Balaban J connectivity index is 2.15. The van der Waals surface area contributed by atoms with Crippen LogP contribution in [0.25, 0.3) is 0 Å². The van der Waals surface area contributed by atoms with Crippen molar-refractivity contribution in [1.82, 2.24) is 10.2 Å². The zero-order valence-corrected chi connectivity index (χ0v) is 13.8. The van der Waals surface area contributed by atoms with Gasteiger partial charge in [0.25, 0.3) is 5.91 Å². The number of thioether (sulfide) groups is 1. The summed E-state index contributed by atoms with van der Waals surface area (Å²) >= 11 is 13.0. The molecule has 0 saturated carbocycles. The standard InChI is InChI=1S/C14H17ClN2OS2/c1-9(10-4-3-5-11(15)8-10)17-13(18)12(6-7-20-2)16-14(17)19/h3-5,8-9,12H,6-7H2,1-2H3,(H,16,19)/t9-,12-/m0/s1. The average molecular weight is 329 g/mol. The maximum absolute atomic E-state index is 12.5. The zero-order chi connectivity index (χ0) is 14.7. The van der Waals surface area contributed by atoms with Crippen molar-refractivity contribution in [3.63, 3.8) is 0 Å². The van der Waals surface area contributed by atoms with Gasteiger partial charge in [0, 0.05) is 5.02 Å². The molecule has 0 aromatic heterocycles. The first-order valence-corrected chi connectivity index (χ1v) is 8.60. The average Bonchev–Trinajstić information content (AvgIpc) is 2.70. The second-order valence-corrected chi connectivity index (χ2v) is 6.53. The van der Waals surface area contributed by atoms with Crippen molar-refractivity contribution in [2.24, 2.45) is 0 Å². The minimum atomic E-state index is -0.198. The van der Waals surface area contributed by atoms with Gasteiger partial charge in [0.15, 0.2) is 5.11 Å². The van der Waals surface area contributed by atoms with E-state index in [0.717, 1.165) is 17.7 Å². The lowest BCUT2D eigenvalue weighted by atomic mass is 10.1. The van der Waals surface area contributed by atoms with E-state index in [1.54, 1.807) is 16.7 Å². The third-order valence-corrected chi connectivity index (χ3v) is 4.57. The normalized spacial score (nSPS) is 20.1. The molecule has 0 unspecified atom stereocenters. The molecule has 108 valence electrons. The number of carbonyl (C=O) groups excluding carboxylic acids is 1. The second kappa shape index (κ2) is 6.78. The first-order chi connectivity index (χ1) is 9.54. The number of thiocarbonyl (C=S) groups is 1. The number of rotatable bonds is 5. The molecule has 0 aliphatic carbocycles. The largest absolute Gasteiger partial charge is 0.350 e. The van der Waals surface area contributed by atoms with Crippen LogP contribution in [0.5, 0.6) is 0 Å². The van der Waals surface area contributed by atoms with Crippen molar-refractivity contribution in [3.8, 4) is 0 Å². The Bertz CT molecular complexity index is 524. The molecular weight excluding hydrogens is 312 g/mol. The summed E-state index contributed by atoms with van der Waals surface area (Å²) in [7, 11) is 0. The highest BCUT2D eigenvalue weighted by Gasteiger charge is 2.38. The highest BCUT2D eigenvalue weighted by Crippen LogP contribution is 2.27. The number of hydrogen-bond acceptors (Lipinski definition) is 3. The fourth-order valence-corrected chi connectivity index (χ4v) is 3.32. The van der Waals surface area contributed by atoms with E-state index in [9.17, 15) is 4.79 Å². The van der Waals surface area contributed by atoms with Crippen LogP contribution in [0.1, 0.15) is 24.9 Å². The lowest BCUT2D eigenvalue weighted by molar-refractivity contribution is -0.128. The molecule has 1 aromatic carbocycles. The fraction of sp³-hybridized carbons (Fsp3) is 0.429. The molecule has 0 radical (unpaired) electrons. The van der Waals surface area contributed by atoms with Gasteiger partial charge >= 0.3 is 0 Å². The van der Waals surface area contributed by atoms with Crippen molar-refractivity contribution in [2.45, 2.75) is 25.4 Å². The Hall–Kier alpha value is -0.780. The van der Waals surface area contributed by atoms with Crippen LogP contribution in [0, 0.1) is 0 Å². The Labute approximate surface area is 134 Å². The number of nitrogens with one attached hydrogen (secondary N) is 1. The zero-order valence-electron chi connectivity index (χ0n) is 11.4. The molecule has 0 bridgehead atoms. The van der Waals surface area contributed by atoms with Gasteiger partial charge in [0.2, 0.25) is 0 Å². The van der Waals surface area contributed by atoms with E-state index >= 15 is 0 Å². The minimum Gasteiger partial charge on any atom is -0.350 e. The number of hydrogen-bond donors (Lipinski definition) is 1. The molecule has 3 nitrogen and oxygen atoms in total. The lowest BCUT2D eigenvalue weighted by Gasteiger charge is -2.23. The molecule has 1 aliphatic heterocycles. The topological polar surface area (TPSA) is 32.3 Å². The number of carbonyl (C=O) groups is 1. The van der Waals surface area contributed by atoms with Gasteiger partial charge in [0.05, 0.1) is 6.04 Å². The summed E-state index contributed by atoms with van der Waals surface area (Å²) in [6.45, 7) is 1.97. The van der Waals surface area contributed by atoms with Crippen LogP contribution in [0.2, 0.25) is 5.02 Å². The van der Waals surface area contributed by atoms with Gasteiger partial charge in [0.1, 0.15) is 6.04 Å². The van der Waals surface area contributed by atoms with Crippen molar-refractivity contribution < 1.29 is 4.79 Å². The third-order valence-electron chi connectivity index (χ3n) is 3.38. The van der Waals surface area contributed by atoms with E-state index in [2.05, 4.69) is 5.32 Å². The van der Waals surface area contributed by atoms with E-state index in [1.165, 1.54) is 0 Å². The van der Waals surface area contributed by atoms with E-state index in [-0.39, 0.29) is 18.0 Å². The van der Waals surface area contributed by atoms with Crippen molar-refractivity contribution in [1.29, 1.82) is 0 Å². The van der Waals surface area contributed by atoms with Crippen molar-refractivity contribution in [3.05, 3.63) is 34.9 Å². The molecule has 1 N–H and O–H groups in total. The van der Waals surface area contributed by atoms with Gasteiger partial charge in [-0.05, 0) is 55.3 Å². The Kier molecular flexibility index (Phi) is 5.29. The molecule has 2 atom stereocenters. The maximum atomic E-state index is 12.5. The predicted molar refractivity (Wildman–Crippen MR) is 89.2 cm³/mol. The monoisotopic (exact) mass is 328 g/mol. The molecule has 1 aliphatic rings. The predicted octanol–water partition coefficient (Wildman–Crippen LogP) is 3.24. The summed E-state index contributed by atoms with van der Waals surface area (Å²) < 4.78 is 0. The number of amides is 1. The first-order valence-electron chi connectivity index (χ1n) is 6.42. The summed E-state index contributed by atoms with van der Waals surface area (Å²) in [5.74, 6) is 0.988. The first kappa shape index (κ1) is 15.6. The van der Waals surface area contributed by atoms with Gasteiger partial charge in [-0.1, -0.05) is 23.7 Å². The molecule has 1 amide bonds. The molecule has 1 saturated heterocycles. The highest BCUT2D eigenvalue weighted by atomic mass is 35.5. The van der Waals surface area contributed by atoms with E-state index in [1.807, 2.05) is 37.4 Å². The summed E-state index contributed by atoms with van der Waals surface area (Å²) in [4.78, 5) is 14.1. The Morgan fingerprint density at radius 3 is 2.95 bits per heavy atom. The summed E-state index contributed by atoms with van der Waals surface area (Å²) in [6.07, 6.45) is 2.82. The highest BCUT2D eigenvalue weighted by molar-refractivity contribution is 7.98. The molecular formula is C14H17ClN2OS2. The number of halogens is 1. The van der Waals surface area contributed by atoms with Gasteiger partial charge < -0.3 is 5.32 Å². The van der Waals surface area contributed by atoms with E-state index < -0.39 is 0 Å². The van der Waals surface area contributed by atoms with Crippen LogP contribution < -0.4 is 5.32 Å². The van der Waals surface area contributed by atoms with Gasteiger partial charge in [-0.15, -0.1) is 0 Å². The van der Waals surface area contributed by atoms with Gasteiger partial charge in [-0.2, -0.15) is 11.8 Å². The molecule has 20 heavy (non-hydrogen) atoms. The lowest BCUT2D eigenvalue weighted by Crippen LogP contribution is -2.34.